The Morgan fingerprint density at radius 3 is 3.29 bits per heavy atom. The first-order chi connectivity index (χ1) is 6.95. The highest BCUT2D eigenvalue weighted by Gasteiger charge is 2.14. The molecule has 2 heterocycles. The van der Waals surface area contributed by atoms with E-state index in [1.54, 1.807) is 0 Å². The molecule has 0 bridgehead atoms. The molecule has 78 valence electrons. The van der Waals surface area contributed by atoms with Crippen molar-refractivity contribution in [1.29, 1.82) is 0 Å². The summed E-state index contributed by atoms with van der Waals surface area (Å²) in [5.41, 5.74) is 0. The molecule has 14 heavy (non-hydrogen) atoms. The van der Waals surface area contributed by atoms with Gasteiger partial charge in [0.2, 0.25) is 0 Å². The van der Waals surface area contributed by atoms with Crippen LogP contribution in [0.2, 0.25) is 0 Å². The van der Waals surface area contributed by atoms with E-state index in [0.29, 0.717) is 0 Å². The highest BCUT2D eigenvalue weighted by molar-refractivity contribution is 7.99. The van der Waals surface area contributed by atoms with Gasteiger partial charge in [-0.1, -0.05) is 0 Å². The van der Waals surface area contributed by atoms with Crippen molar-refractivity contribution in [2.24, 2.45) is 5.92 Å². The molecule has 1 aliphatic heterocycles. The molecule has 1 aromatic heterocycles. The van der Waals surface area contributed by atoms with Crippen LogP contribution in [-0.4, -0.2) is 34.1 Å². The zero-order valence-corrected chi connectivity index (χ0v) is 9.17. The second-order valence-electron chi connectivity index (χ2n) is 3.73. The topological polar surface area (TPSA) is 29.9 Å². The lowest BCUT2D eigenvalue weighted by Crippen LogP contribution is -2.26. The lowest BCUT2D eigenvalue weighted by atomic mass is 10.1. The number of hydrogen-bond donors (Lipinski definition) is 1. The molecule has 1 aromatic rings. The minimum Gasteiger partial charge on any atom is -0.336 e. The van der Waals surface area contributed by atoms with Gasteiger partial charge in [-0.2, -0.15) is 11.8 Å². The van der Waals surface area contributed by atoms with Crippen molar-refractivity contribution in [3.05, 3.63) is 18.7 Å². The summed E-state index contributed by atoms with van der Waals surface area (Å²) in [4.78, 5) is 4.01. The van der Waals surface area contributed by atoms with Crippen LogP contribution in [0.1, 0.15) is 6.42 Å². The fourth-order valence-corrected chi connectivity index (χ4v) is 2.96. The molecule has 1 saturated heterocycles. The summed E-state index contributed by atoms with van der Waals surface area (Å²) in [6, 6.07) is 0. The second-order valence-corrected chi connectivity index (χ2v) is 4.88. The van der Waals surface area contributed by atoms with E-state index in [-0.39, 0.29) is 0 Å². The van der Waals surface area contributed by atoms with Gasteiger partial charge in [0.05, 0.1) is 6.33 Å². The first-order valence-corrected chi connectivity index (χ1v) is 6.35. The predicted octanol–water partition coefficient (Wildman–Crippen LogP) is 1.23. The number of hydrogen-bond acceptors (Lipinski definition) is 3. The zero-order valence-electron chi connectivity index (χ0n) is 8.35. The Balaban J connectivity index is 1.55. The average molecular weight is 211 g/mol. The number of imidazole rings is 1. The van der Waals surface area contributed by atoms with Crippen LogP contribution < -0.4 is 5.32 Å². The van der Waals surface area contributed by atoms with E-state index in [9.17, 15) is 0 Å². The number of nitrogens with one attached hydrogen (secondary N) is 1. The molecular formula is C10H17N3S. The van der Waals surface area contributed by atoms with Crippen LogP contribution in [0.15, 0.2) is 18.7 Å². The molecule has 0 saturated carbocycles. The molecule has 0 radical (unpaired) electrons. The van der Waals surface area contributed by atoms with Crippen LogP contribution in [0.25, 0.3) is 0 Å². The van der Waals surface area contributed by atoms with Gasteiger partial charge < -0.3 is 9.88 Å². The third kappa shape index (κ3) is 3.03. The Bertz CT molecular complexity index is 242. The Morgan fingerprint density at radius 1 is 1.57 bits per heavy atom. The Hall–Kier alpha value is -0.480. The standard InChI is InChI=1S/C10H17N3S/c1-6-14-8-10(1)7-11-2-4-13-5-3-12-9-13/h3,5,9-11H,1-2,4,6-8H2. The minimum absolute atomic E-state index is 0.905. The molecule has 1 unspecified atom stereocenters. The van der Waals surface area contributed by atoms with Crippen molar-refractivity contribution in [1.82, 2.24) is 14.9 Å². The summed E-state index contributed by atoms with van der Waals surface area (Å²) in [6.45, 7) is 3.26. The molecule has 3 nitrogen and oxygen atoms in total. The largest absolute Gasteiger partial charge is 0.336 e. The van der Waals surface area contributed by atoms with Crippen molar-refractivity contribution >= 4 is 11.8 Å². The Labute approximate surface area is 89.3 Å². The van der Waals surface area contributed by atoms with Crippen molar-refractivity contribution < 1.29 is 0 Å². The van der Waals surface area contributed by atoms with Gasteiger partial charge in [0.25, 0.3) is 0 Å². The van der Waals surface area contributed by atoms with Crippen molar-refractivity contribution in [3.63, 3.8) is 0 Å². The lowest BCUT2D eigenvalue weighted by Gasteiger charge is -2.09. The van der Waals surface area contributed by atoms with Gasteiger partial charge in [0.15, 0.2) is 0 Å². The third-order valence-electron chi connectivity index (χ3n) is 2.56. The number of thioether (sulfide) groups is 1. The van der Waals surface area contributed by atoms with Gasteiger partial charge in [-0.15, -0.1) is 0 Å². The highest BCUT2D eigenvalue weighted by atomic mass is 32.2. The molecule has 1 N–H and O–H groups in total. The molecule has 1 atom stereocenters. The summed E-state index contributed by atoms with van der Waals surface area (Å²) in [7, 11) is 0. The van der Waals surface area contributed by atoms with Crippen molar-refractivity contribution in [2.75, 3.05) is 24.6 Å². The molecule has 0 amide bonds. The monoisotopic (exact) mass is 211 g/mol. The van der Waals surface area contributed by atoms with E-state index >= 15 is 0 Å². The maximum absolute atomic E-state index is 4.01. The number of aromatic nitrogens is 2. The molecule has 1 aliphatic rings. The van der Waals surface area contributed by atoms with Crippen LogP contribution in [-0.2, 0) is 6.54 Å². The number of rotatable bonds is 5. The van der Waals surface area contributed by atoms with Gasteiger partial charge >= 0.3 is 0 Å². The van der Waals surface area contributed by atoms with E-state index in [1.807, 2.05) is 18.7 Å². The fraction of sp³-hybridized carbons (Fsp3) is 0.700. The van der Waals surface area contributed by atoms with Crippen molar-refractivity contribution in [2.45, 2.75) is 13.0 Å². The summed E-state index contributed by atoms with van der Waals surface area (Å²) >= 11 is 2.08. The van der Waals surface area contributed by atoms with Crippen LogP contribution >= 0.6 is 11.8 Å². The van der Waals surface area contributed by atoms with E-state index in [2.05, 4.69) is 26.6 Å². The average Bonchev–Trinajstić information content (AvgIpc) is 2.86. The van der Waals surface area contributed by atoms with E-state index < -0.39 is 0 Å². The van der Waals surface area contributed by atoms with Crippen molar-refractivity contribution in [3.8, 4) is 0 Å². The third-order valence-corrected chi connectivity index (χ3v) is 3.79. The smallest absolute Gasteiger partial charge is 0.0946 e. The van der Waals surface area contributed by atoms with Crippen LogP contribution in [0.4, 0.5) is 0 Å². The zero-order chi connectivity index (χ0) is 9.64. The van der Waals surface area contributed by atoms with Gasteiger partial charge in [0.1, 0.15) is 0 Å². The predicted molar refractivity (Wildman–Crippen MR) is 60.5 cm³/mol. The van der Waals surface area contributed by atoms with Gasteiger partial charge in [0, 0.05) is 25.5 Å². The fourth-order valence-electron chi connectivity index (χ4n) is 1.68. The maximum atomic E-state index is 4.01. The van der Waals surface area contributed by atoms with Crippen LogP contribution in [0.3, 0.4) is 0 Å². The SMILES string of the molecule is c1cn(CCNCC2CCSC2)cn1. The summed E-state index contributed by atoms with van der Waals surface area (Å²) in [5, 5.41) is 3.50. The van der Waals surface area contributed by atoms with E-state index in [4.69, 9.17) is 0 Å². The van der Waals surface area contributed by atoms with E-state index in [0.717, 1.165) is 19.0 Å². The molecule has 0 aliphatic carbocycles. The van der Waals surface area contributed by atoms with Crippen LogP contribution in [0.5, 0.6) is 0 Å². The molecular weight excluding hydrogens is 194 g/mol. The normalized spacial score (nSPS) is 21.6. The Kier molecular flexibility index (Phi) is 3.89. The summed E-state index contributed by atoms with van der Waals surface area (Å²) in [5.74, 6) is 3.61. The second kappa shape index (κ2) is 5.41. The molecule has 4 heteroatoms. The quantitative estimate of drug-likeness (QED) is 0.743. The summed E-state index contributed by atoms with van der Waals surface area (Å²) in [6.07, 6.45) is 7.09. The Morgan fingerprint density at radius 2 is 2.57 bits per heavy atom. The van der Waals surface area contributed by atoms with E-state index in [1.165, 1.54) is 24.5 Å². The molecule has 0 spiro atoms. The first-order valence-electron chi connectivity index (χ1n) is 5.19. The highest BCUT2D eigenvalue weighted by Crippen LogP contribution is 2.22. The molecule has 0 aromatic carbocycles. The minimum atomic E-state index is 0.905. The molecule has 2 rings (SSSR count). The molecule has 1 fully saturated rings. The lowest BCUT2D eigenvalue weighted by molar-refractivity contribution is 0.504. The number of nitrogens with zero attached hydrogens (tertiary/aromatic N) is 2. The first kappa shape index (κ1) is 10.1. The van der Waals surface area contributed by atoms with Gasteiger partial charge in [-0.25, -0.2) is 4.98 Å². The van der Waals surface area contributed by atoms with Crippen LogP contribution in [0, 0.1) is 5.92 Å². The van der Waals surface area contributed by atoms with Gasteiger partial charge in [-0.3, -0.25) is 0 Å². The maximum Gasteiger partial charge on any atom is 0.0946 e. The summed E-state index contributed by atoms with van der Waals surface area (Å²) < 4.78 is 2.11. The van der Waals surface area contributed by atoms with Gasteiger partial charge in [-0.05, 0) is 30.4 Å².